The SMILES string of the molecule is O=C(Nc1ccc(CBr)cc1)C1CCc2ccccc2C1. The Balaban J connectivity index is 1.66. The van der Waals surface area contributed by atoms with Gasteiger partial charge in [-0.25, -0.2) is 0 Å². The van der Waals surface area contributed by atoms with E-state index >= 15 is 0 Å². The highest BCUT2D eigenvalue weighted by atomic mass is 79.9. The molecule has 1 unspecified atom stereocenters. The van der Waals surface area contributed by atoms with Gasteiger partial charge in [0.2, 0.25) is 5.91 Å². The third-order valence-electron chi connectivity index (χ3n) is 4.09. The van der Waals surface area contributed by atoms with Crippen LogP contribution in [0.3, 0.4) is 0 Å². The van der Waals surface area contributed by atoms with Gasteiger partial charge in [0.1, 0.15) is 0 Å². The minimum absolute atomic E-state index is 0.0794. The summed E-state index contributed by atoms with van der Waals surface area (Å²) in [7, 11) is 0. The molecule has 0 aromatic heterocycles. The topological polar surface area (TPSA) is 29.1 Å². The molecule has 1 amide bonds. The van der Waals surface area contributed by atoms with E-state index in [1.165, 1.54) is 16.7 Å². The quantitative estimate of drug-likeness (QED) is 0.826. The van der Waals surface area contributed by atoms with Gasteiger partial charge in [-0.3, -0.25) is 4.79 Å². The lowest BCUT2D eigenvalue weighted by Gasteiger charge is -2.23. The molecule has 0 aliphatic heterocycles. The first-order valence-electron chi connectivity index (χ1n) is 7.29. The lowest BCUT2D eigenvalue weighted by Crippen LogP contribution is -2.28. The zero-order valence-electron chi connectivity index (χ0n) is 11.8. The number of halogens is 1. The van der Waals surface area contributed by atoms with Gasteiger partial charge in [0, 0.05) is 16.9 Å². The van der Waals surface area contributed by atoms with Crippen molar-refractivity contribution in [2.24, 2.45) is 5.92 Å². The minimum atomic E-state index is 0.0794. The van der Waals surface area contributed by atoms with E-state index in [1.807, 2.05) is 24.3 Å². The smallest absolute Gasteiger partial charge is 0.227 e. The number of carbonyl (C=O) groups is 1. The Morgan fingerprint density at radius 3 is 2.52 bits per heavy atom. The molecule has 0 bridgehead atoms. The number of nitrogens with one attached hydrogen (secondary N) is 1. The average molecular weight is 344 g/mol. The summed E-state index contributed by atoms with van der Waals surface area (Å²) in [4.78, 5) is 12.4. The van der Waals surface area contributed by atoms with Gasteiger partial charge in [0.25, 0.3) is 0 Å². The highest BCUT2D eigenvalue weighted by Crippen LogP contribution is 2.26. The summed E-state index contributed by atoms with van der Waals surface area (Å²) in [5, 5.41) is 3.87. The molecule has 1 N–H and O–H groups in total. The molecule has 1 aliphatic rings. The first-order valence-corrected chi connectivity index (χ1v) is 8.41. The van der Waals surface area contributed by atoms with E-state index in [-0.39, 0.29) is 11.8 Å². The molecule has 3 rings (SSSR count). The van der Waals surface area contributed by atoms with Crippen molar-refractivity contribution < 1.29 is 4.79 Å². The van der Waals surface area contributed by atoms with Gasteiger partial charge < -0.3 is 5.32 Å². The number of rotatable bonds is 3. The van der Waals surface area contributed by atoms with E-state index in [1.54, 1.807) is 0 Å². The molecule has 0 saturated carbocycles. The number of benzene rings is 2. The molecule has 1 atom stereocenters. The molecular formula is C18H18BrNO. The van der Waals surface area contributed by atoms with Crippen LogP contribution in [-0.2, 0) is 23.0 Å². The van der Waals surface area contributed by atoms with E-state index in [0.29, 0.717) is 0 Å². The van der Waals surface area contributed by atoms with Crippen molar-refractivity contribution in [2.45, 2.75) is 24.6 Å². The number of hydrogen-bond acceptors (Lipinski definition) is 1. The van der Waals surface area contributed by atoms with Crippen LogP contribution in [0.1, 0.15) is 23.1 Å². The maximum absolute atomic E-state index is 12.4. The minimum Gasteiger partial charge on any atom is -0.326 e. The fourth-order valence-electron chi connectivity index (χ4n) is 2.84. The fourth-order valence-corrected chi connectivity index (χ4v) is 3.22. The molecule has 0 fully saturated rings. The van der Waals surface area contributed by atoms with E-state index < -0.39 is 0 Å². The highest BCUT2D eigenvalue weighted by molar-refractivity contribution is 9.08. The number of alkyl halides is 1. The Morgan fingerprint density at radius 1 is 1.10 bits per heavy atom. The van der Waals surface area contributed by atoms with Gasteiger partial charge in [-0.05, 0) is 48.1 Å². The van der Waals surface area contributed by atoms with E-state index in [0.717, 1.165) is 30.3 Å². The van der Waals surface area contributed by atoms with Crippen LogP contribution in [0, 0.1) is 5.92 Å². The van der Waals surface area contributed by atoms with Crippen molar-refractivity contribution in [2.75, 3.05) is 5.32 Å². The van der Waals surface area contributed by atoms with Crippen LogP contribution in [0.5, 0.6) is 0 Å². The molecule has 1 aliphatic carbocycles. The molecule has 0 radical (unpaired) electrons. The van der Waals surface area contributed by atoms with Crippen LogP contribution in [-0.4, -0.2) is 5.91 Å². The van der Waals surface area contributed by atoms with Crippen LogP contribution < -0.4 is 5.32 Å². The first kappa shape index (κ1) is 14.3. The van der Waals surface area contributed by atoms with Crippen molar-refractivity contribution in [3.63, 3.8) is 0 Å². The van der Waals surface area contributed by atoms with Crippen molar-refractivity contribution in [1.82, 2.24) is 0 Å². The Kier molecular flexibility index (Phi) is 4.39. The predicted molar refractivity (Wildman–Crippen MR) is 89.7 cm³/mol. The Labute approximate surface area is 133 Å². The normalized spacial score (nSPS) is 17.1. The van der Waals surface area contributed by atoms with E-state index in [9.17, 15) is 4.79 Å². The maximum atomic E-state index is 12.4. The van der Waals surface area contributed by atoms with Gasteiger partial charge >= 0.3 is 0 Å². The predicted octanol–water partition coefficient (Wildman–Crippen LogP) is 4.33. The Hall–Kier alpha value is -1.61. The van der Waals surface area contributed by atoms with Crippen molar-refractivity contribution in [3.05, 3.63) is 65.2 Å². The number of anilines is 1. The van der Waals surface area contributed by atoms with Crippen molar-refractivity contribution in [3.8, 4) is 0 Å². The van der Waals surface area contributed by atoms with Gasteiger partial charge in [-0.15, -0.1) is 0 Å². The zero-order valence-corrected chi connectivity index (χ0v) is 13.4. The third kappa shape index (κ3) is 3.35. The molecule has 3 heteroatoms. The second kappa shape index (κ2) is 6.44. The summed E-state index contributed by atoms with van der Waals surface area (Å²) < 4.78 is 0. The second-order valence-electron chi connectivity index (χ2n) is 5.53. The third-order valence-corrected chi connectivity index (χ3v) is 4.74. The Bertz CT molecular complexity index is 636. The van der Waals surface area contributed by atoms with Crippen LogP contribution in [0.25, 0.3) is 0 Å². The number of amides is 1. The second-order valence-corrected chi connectivity index (χ2v) is 6.09. The van der Waals surface area contributed by atoms with Crippen LogP contribution in [0.2, 0.25) is 0 Å². The molecule has 21 heavy (non-hydrogen) atoms. The number of hydrogen-bond donors (Lipinski definition) is 1. The van der Waals surface area contributed by atoms with Crippen LogP contribution in [0.15, 0.2) is 48.5 Å². The molecule has 0 heterocycles. The van der Waals surface area contributed by atoms with Crippen LogP contribution in [0.4, 0.5) is 5.69 Å². The monoisotopic (exact) mass is 343 g/mol. The maximum Gasteiger partial charge on any atom is 0.227 e. The van der Waals surface area contributed by atoms with E-state index in [4.69, 9.17) is 0 Å². The van der Waals surface area contributed by atoms with Gasteiger partial charge in [0.15, 0.2) is 0 Å². The number of aryl methyl sites for hydroxylation is 1. The van der Waals surface area contributed by atoms with Crippen molar-refractivity contribution in [1.29, 1.82) is 0 Å². The van der Waals surface area contributed by atoms with Crippen molar-refractivity contribution >= 4 is 27.5 Å². The molecule has 2 aromatic carbocycles. The summed E-state index contributed by atoms with van der Waals surface area (Å²) in [6.45, 7) is 0. The zero-order chi connectivity index (χ0) is 14.7. The Morgan fingerprint density at radius 2 is 1.81 bits per heavy atom. The number of carbonyl (C=O) groups excluding carboxylic acids is 1. The molecule has 108 valence electrons. The lowest BCUT2D eigenvalue weighted by molar-refractivity contribution is -0.120. The molecular weight excluding hydrogens is 326 g/mol. The summed E-state index contributed by atoms with van der Waals surface area (Å²) in [6, 6.07) is 16.4. The lowest BCUT2D eigenvalue weighted by atomic mass is 9.83. The summed E-state index contributed by atoms with van der Waals surface area (Å²) in [5.74, 6) is 0.215. The molecule has 0 spiro atoms. The molecule has 2 aromatic rings. The standard InChI is InChI=1S/C18H18BrNO/c19-12-13-5-9-17(10-6-13)20-18(21)16-8-7-14-3-1-2-4-15(14)11-16/h1-6,9-10,16H,7-8,11-12H2,(H,20,21). The highest BCUT2D eigenvalue weighted by Gasteiger charge is 2.24. The fraction of sp³-hybridized carbons (Fsp3) is 0.278. The largest absolute Gasteiger partial charge is 0.326 e. The summed E-state index contributed by atoms with van der Waals surface area (Å²) in [5.41, 5.74) is 4.80. The van der Waals surface area contributed by atoms with Gasteiger partial charge in [0.05, 0.1) is 0 Å². The molecule has 0 saturated heterocycles. The average Bonchev–Trinajstić information content (AvgIpc) is 2.55. The van der Waals surface area contributed by atoms with Gasteiger partial charge in [-0.2, -0.15) is 0 Å². The van der Waals surface area contributed by atoms with Crippen LogP contribution >= 0.6 is 15.9 Å². The summed E-state index contributed by atoms with van der Waals surface area (Å²) in [6.07, 6.45) is 2.78. The first-order chi connectivity index (χ1) is 10.3. The van der Waals surface area contributed by atoms with E-state index in [2.05, 4.69) is 45.5 Å². The summed E-state index contributed by atoms with van der Waals surface area (Å²) >= 11 is 3.42. The van der Waals surface area contributed by atoms with Gasteiger partial charge in [-0.1, -0.05) is 52.3 Å². The molecule has 2 nitrogen and oxygen atoms in total. The number of fused-ring (bicyclic) bond motifs is 1.